The number of nitrogens with zero attached hydrogens (tertiary/aromatic N) is 3. The highest BCUT2D eigenvalue weighted by atomic mass is 32.1. The topological polar surface area (TPSA) is 160 Å². The zero-order chi connectivity index (χ0) is 35.5. The Bertz CT molecular complexity index is 1710. The molecule has 3 aromatic rings. The molecule has 5 atom stereocenters. The molecule has 2 aliphatic heterocycles. The van der Waals surface area contributed by atoms with Crippen molar-refractivity contribution < 1.29 is 33.8 Å². The fourth-order valence-corrected chi connectivity index (χ4v) is 7.84. The lowest BCUT2D eigenvalue weighted by Gasteiger charge is -2.30. The van der Waals surface area contributed by atoms with Crippen LogP contribution in [0, 0.1) is 5.92 Å². The molecular formula is C37H47N5O7S. The fourth-order valence-electron chi connectivity index (χ4n) is 7.13. The zero-order valence-corrected chi connectivity index (χ0v) is 29.8. The maximum atomic E-state index is 14.4. The molecule has 6 rings (SSSR count). The third-order valence-corrected chi connectivity index (χ3v) is 10.7. The molecule has 3 amide bonds. The van der Waals surface area contributed by atoms with E-state index in [2.05, 4.69) is 16.7 Å². The van der Waals surface area contributed by atoms with Crippen molar-refractivity contribution in [3.63, 3.8) is 0 Å². The number of para-hydroxylation sites is 2. The van der Waals surface area contributed by atoms with Crippen molar-refractivity contribution in [2.45, 2.75) is 121 Å². The summed E-state index contributed by atoms with van der Waals surface area (Å²) in [6, 6.07) is 9.67. The number of hydrogen-bond acceptors (Lipinski definition) is 9. The van der Waals surface area contributed by atoms with Crippen molar-refractivity contribution in [2.75, 3.05) is 6.54 Å². The second-order valence-electron chi connectivity index (χ2n) is 14.7. The number of carbonyl (C=O) groups excluding carboxylic acids is 3. The molecule has 2 aromatic heterocycles. The summed E-state index contributed by atoms with van der Waals surface area (Å²) in [4.78, 5) is 66.2. The number of benzene rings is 1. The molecule has 2 unspecified atom stereocenters. The third-order valence-electron chi connectivity index (χ3n) is 9.79. The summed E-state index contributed by atoms with van der Waals surface area (Å²) in [5.74, 6) is -1.85. The van der Waals surface area contributed by atoms with Gasteiger partial charge in [0.05, 0.1) is 17.6 Å². The van der Waals surface area contributed by atoms with E-state index in [-0.39, 0.29) is 18.9 Å². The van der Waals surface area contributed by atoms with Crippen molar-refractivity contribution in [1.82, 2.24) is 25.5 Å². The van der Waals surface area contributed by atoms with Crippen LogP contribution < -0.4 is 15.4 Å². The normalized spacial score (nSPS) is 26.2. The predicted molar refractivity (Wildman–Crippen MR) is 188 cm³/mol. The summed E-state index contributed by atoms with van der Waals surface area (Å²) < 4.78 is 12.0. The van der Waals surface area contributed by atoms with Crippen molar-refractivity contribution in [2.24, 2.45) is 5.92 Å². The average Bonchev–Trinajstić information content (AvgIpc) is 3.36. The Morgan fingerprint density at radius 2 is 1.74 bits per heavy atom. The van der Waals surface area contributed by atoms with Gasteiger partial charge in [0.25, 0.3) is 0 Å². The van der Waals surface area contributed by atoms with E-state index in [0.29, 0.717) is 49.2 Å². The molecule has 1 aromatic carbocycles. The van der Waals surface area contributed by atoms with Gasteiger partial charge in [-0.05, 0) is 82.4 Å². The van der Waals surface area contributed by atoms with E-state index in [1.54, 1.807) is 32.1 Å². The lowest BCUT2D eigenvalue weighted by atomic mass is 10.0. The number of fused-ring (bicyclic) bond motifs is 3. The van der Waals surface area contributed by atoms with Gasteiger partial charge in [-0.2, -0.15) is 0 Å². The van der Waals surface area contributed by atoms with Gasteiger partial charge in [-0.1, -0.05) is 50.3 Å². The van der Waals surface area contributed by atoms with Crippen LogP contribution >= 0.6 is 11.3 Å². The fraction of sp³-hybridized carbons (Fsp3) is 0.568. The Hall–Kier alpha value is -4.26. The van der Waals surface area contributed by atoms with E-state index in [1.807, 2.05) is 35.7 Å². The summed E-state index contributed by atoms with van der Waals surface area (Å²) >= 11 is 1.67. The molecule has 2 saturated heterocycles. The number of carboxylic acids is 1. The molecule has 1 saturated carbocycles. The second kappa shape index (κ2) is 14.9. The van der Waals surface area contributed by atoms with Crippen LogP contribution in [-0.2, 0) is 32.0 Å². The summed E-state index contributed by atoms with van der Waals surface area (Å²) in [7, 11) is 0. The summed E-state index contributed by atoms with van der Waals surface area (Å²) in [6.07, 6.45) is 5.81. The molecule has 4 heterocycles. The highest BCUT2D eigenvalue weighted by Crippen LogP contribution is 2.47. The minimum atomic E-state index is -1.35. The number of carboxylic acid groups (broad SMARTS) is 1. The largest absolute Gasteiger partial charge is 0.479 e. The lowest BCUT2D eigenvalue weighted by Crippen LogP contribution is -2.56. The summed E-state index contributed by atoms with van der Waals surface area (Å²) in [5.41, 5.74) is -0.0431. The lowest BCUT2D eigenvalue weighted by molar-refractivity contribution is -0.146. The number of alkyl carbamates (subject to hydrolysis) is 1. The second-order valence-corrected chi connectivity index (χ2v) is 15.8. The standard InChI is InChI=1S/C37H47N5O7S/c1-36(2,3)49-35(47)40-29-16-8-6-4-5-7-12-23-21-37(23,34(45)46)41-31(43)30-20-24(22-42(30)33(29)44)48-32-28(18-17-25-13-11-19-50-25)38-26-14-9-10-15-27(26)39-32/h9-11,13-15,19,23-24,29-30H,4-8,12,16-18,20-22H2,1-3H3,(H,40,47)(H,41,43)(H,45,46)/t23?,24-,29+,30+,37?/m1/s1. The van der Waals surface area contributed by atoms with E-state index in [1.165, 1.54) is 9.78 Å². The first kappa shape index (κ1) is 35.6. The van der Waals surface area contributed by atoms with Crippen LogP contribution in [-0.4, -0.2) is 79.7 Å². The Labute approximate surface area is 296 Å². The smallest absolute Gasteiger partial charge is 0.408 e. The highest BCUT2D eigenvalue weighted by molar-refractivity contribution is 7.09. The van der Waals surface area contributed by atoms with Gasteiger partial charge in [0.2, 0.25) is 17.7 Å². The predicted octanol–water partition coefficient (Wildman–Crippen LogP) is 5.42. The molecule has 268 valence electrons. The van der Waals surface area contributed by atoms with Gasteiger partial charge in [0.15, 0.2) is 0 Å². The molecule has 13 heteroatoms. The molecule has 0 spiro atoms. The quantitative estimate of drug-likeness (QED) is 0.292. The number of nitrogens with one attached hydrogen (secondary N) is 2. The molecule has 3 fully saturated rings. The number of hydrogen-bond donors (Lipinski definition) is 3. The SMILES string of the molecule is CC(C)(C)OC(=O)N[C@H]1CCCCCCCC2CC2(C(=O)O)NC(=O)[C@@H]2C[C@@H](Oc3nc4ccccc4nc3CCc3cccs3)CN2C1=O. The number of rotatable bonds is 7. The number of amides is 3. The van der Waals surface area contributed by atoms with Crippen molar-refractivity contribution in [3.05, 3.63) is 52.3 Å². The number of aryl methyl sites for hydroxylation is 2. The number of ether oxygens (including phenoxy) is 2. The average molecular weight is 706 g/mol. The van der Waals surface area contributed by atoms with Crippen molar-refractivity contribution >= 4 is 46.2 Å². The van der Waals surface area contributed by atoms with Crippen LogP contribution in [0.5, 0.6) is 5.88 Å². The molecule has 50 heavy (non-hydrogen) atoms. The first-order valence-electron chi connectivity index (χ1n) is 17.7. The molecule has 3 aliphatic rings. The monoisotopic (exact) mass is 705 g/mol. The van der Waals surface area contributed by atoms with Gasteiger partial charge >= 0.3 is 12.1 Å². The van der Waals surface area contributed by atoms with Gasteiger partial charge in [0, 0.05) is 11.3 Å². The first-order valence-corrected chi connectivity index (χ1v) is 18.6. The van der Waals surface area contributed by atoms with Gasteiger partial charge in [-0.3, -0.25) is 9.59 Å². The van der Waals surface area contributed by atoms with Crippen molar-refractivity contribution in [1.29, 1.82) is 0 Å². The maximum absolute atomic E-state index is 14.4. The Balaban J connectivity index is 1.29. The zero-order valence-electron chi connectivity index (χ0n) is 29.0. The van der Waals surface area contributed by atoms with E-state index >= 15 is 0 Å². The maximum Gasteiger partial charge on any atom is 0.408 e. The summed E-state index contributed by atoms with van der Waals surface area (Å²) in [6.45, 7) is 5.30. The van der Waals surface area contributed by atoms with Gasteiger partial charge in [-0.25, -0.2) is 19.6 Å². The Kier molecular flexibility index (Phi) is 10.6. The van der Waals surface area contributed by atoms with E-state index in [4.69, 9.17) is 19.4 Å². The van der Waals surface area contributed by atoms with E-state index in [9.17, 15) is 24.3 Å². The minimum Gasteiger partial charge on any atom is -0.479 e. The molecule has 0 bridgehead atoms. The van der Waals surface area contributed by atoms with Gasteiger partial charge < -0.3 is 30.1 Å². The van der Waals surface area contributed by atoms with Crippen LogP contribution in [0.2, 0.25) is 0 Å². The molecule has 3 N–H and O–H groups in total. The highest BCUT2D eigenvalue weighted by Gasteiger charge is 2.62. The Morgan fingerprint density at radius 3 is 2.44 bits per heavy atom. The Morgan fingerprint density at radius 1 is 1.02 bits per heavy atom. The molecule has 12 nitrogen and oxygen atoms in total. The first-order chi connectivity index (χ1) is 23.9. The van der Waals surface area contributed by atoms with Crippen molar-refractivity contribution in [3.8, 4) is 5.88 Å². The third kappa shape index (κ3) is 8.36. The number of thiophene rings is 1. The van der Waals surface area contributed by atoms with E-state index in [0.717, 1.165) is 37.6 Å². The van der Waals surface area contributed by atoms with Gasteiger partial charge in [0.1, 0.15) is 35.0 Å². The van der Waals surface area contributed by atoms with E-state index < -0.39 is 53.2 Å². The van der Waals surface area contributed by atoms with Crippen LogP contribution in [0.3, 0.4) is 0 Å². The molecular weight excluding hydrogens is 659 g/mol. The van der Waals surface area contributed by atoms with Crippen LogP contribution in [0.1, 0.15) is 89.1 Å². The van der Waals surface area contributed by atoms with Gasteiger partial charge in [-0.15, -0.1) is 11.3 Å². The molecule has 1 aliphatic carbocycles. The number of aliphatic carboxylic acids is 1. The summed E-state index contributed by atoms with van der Waals surface area (Å²) in [5, 5.41) is 17.9. The number of carbonyl (C=O) groups is 4. The minimum absolute atomic E-state index is 0.0474. The van der Waals surface area contributed by atoms with Crippen LogP contribution in [0.4, 0.5) is 4.79 Å². The van der Waals surface area contributed by atoms with Crippen LogP contribution in [0.25, 0.3) is 11.0 Å². The van der Waals surface area contributed by atoms with Crippen LogP contribution in [0.15, 0.2) is 41.8 Å². The molecule has 0 radical (unpaired) electrons. The number of aromatic nitrogens is 2.